The normalized spacial score (nSPS) is 11.1. The lowest BCUT2D eigenvalue weighted by molar-refractivity contribution is 0.468. The van der Waals surface area contributed by atoms with Gasteiger partial charge in [-0.05, 0) is 60.4 Å². The molecule has 8 heteroatoms. The summed E-state index contributed by atoms with van der Waals surface area (Å²) in [6.45, 7) is 0. The van der Waals surface area contributed by atoms with Crippen LogP contribution in [0.5, 0.6) is 0 Å². The van der Waals surface area contributed by atoms with Crippen LogP contribution in [0.2, 0.25) is 0 Å². The molecule has 0 bridgehead atoms. The second-order valence-electron chi connectivity index (χ2n) is 5.51. The van der Waals surface area contributed by atoms with E-state index in [-0.39, 0.29) is 0 Å². The smallest absolute Gasteiger partial charge is 0.191 e. The minimum atomic E-state index is 0.404. The number of fused-ring (bicyclic) bond motifs is 1. The van der Waals surface area contributed by atoms with Gasteiger partial charge in [-0.25, -0.2) is 4.98 Å². The standard InChI is InChI=1S/C19H15N5OS2/c26-18(21-13-6-2-1-3-7-13)24-20-12-14-10-11-17(25-14)27-19-22-15-8-4-5-9-16(15)23-19/h1-12H,(H,22,23)(H2,21,24,26)/b20-12+. The van der Waals surface area contributed by atoms with Crippen LogP contribution in [0.15, 0.2) is 86.5 Å². The van der Waals surface area contributed by atoms with Gasteiger partial charge in [0.15, 0.2) is 15.4 Å². The van der Waals surface area contributed by atoms with Crippen molar-refractivity contribution in [3.8, 4) is 0 Å². The lowest BCUT2D eigenvalue weighted by atomic mass is 10.3. The first kappa shape index (κ1) is 17.3. The molecule has 0 aliphatic carbocycles. The molecule has 6 nitrogen and oxygen atoms in total. The van der Waals surface area contributed by atoms with Crippen molar-refractivity contribution < 1.29 is 4.42 Å². The van der Waals surface area contributed by atoms with Gasteiger partial charge in [-0.1, -0.05) is 30.3 Å². The quantitative estimate of drug-likeness (QED) is 0.261. The van der Waals surface area contributed by atoms with Gasteiger partial charge in [0.05, 0.1) is 17.2 Å². The molecule has 2 heterocycles. The van der Waals surface area contributed by atoms with Crippen LogP contribution >= 0.6 is 24.0 Å². The summed E-state index contributed by atoms with van der Waals surface area (Å²) >= 11 is 6.61. The number of nitrogens with zero attached hydrogens (tertiary/aromatic N) is 2. The first-order valence-corrected chi connectivity index (χ1v) is 9.36. The molecule has 0 amide bonds. The molecule has 0 radical (unpaired) electrons. The zero-order valence-corrected chi connectivity index (χ0v) is 15.7. The van der Waals surface area contributed by atoms with E-state index in [1.165, 1.54) is 11.8 Å². The summed E-state index contributed by atoms with van der Waals surface area (Å²) in [4.78, 5) is 7.77. The van der Waals surface area contributed by atoms with Gasteiger partial charge >= 0.3 is 0 Å². The number of furan rings is 1. The number of aromatic nitrogens is 2. The molecule has 3 N–H and O–H groups in total. The summed E-state index contributed by atoms with van der Waals surface area (Å²) in [5.41, 5.74) is 5.58. The lowest BCUT2D eigenvalue weighted by Crippen LogP contribution is -2.23. The molecule has 2 aromatic carbocycles. The Balaban J connectivity index is 1.33. The molecule has 0 saturated heterocycles. The number of H-pyrrole nitrogens is 1. The number of hydrogen-bond donors (Lipinski definition) is 3. The van der Waals surface area contributed by atoms with Gasteiger partial charge in [0, 0.05) is 5.69 Å². The van der Waals surface area contributed by atoms with E-state index in [9.17, 15) is 0 Å². The Hall–Kier alpha value is -3.10. The molecule has 0 atom stereocenters. The molecule has 4 aromatic rings. The maximum atomic E-state index is 5.73. The predicted octanol–water partition coefficient (Wildman–Crippen LogP) is 4.63. The van der Waals surface area contributed by atoms with Gasteiger partial charge in [0.2, 0.25) is 0 Å². The van der Waals surface area contributed by atoms with Gasteiger partial charge in [0.25, 0.3) is 0 Å². The third-order valence-electron chi connectivity index (χ3n) is 3.56. The van der Waals surface area contributed by atoms with Crippen molar-refractivity contribution in [1.29, 1.82) is 0 Å². The van der Waals surface area contributed by atoms with E-state index in [1.807, 2.05) is 66.7 Å². The van der Waals surface area contributed by atoms with Crippen molar-refractivity contribution in [3.05, 3.63) is 72.5 Å². The number of nitrogens with one attached hydrogen (secondary N) is 3. The number of hydrazone groups is 1. The molecular formula is C19H15N5OS2. The Labute approximate surface area is 165 Å². The molecule has 27 heavy (non-hydrogen) atoms. The van der Waals surface area contributed by atoms with E-state index in [1.54, 1.807) is 6.21 Å². The Morgan fingerprint density at radius 2 is 1.89 bits per heavy atom. The molecule has 4 rings (SSSR count). The summed E-state index contributed by atoms with van der Waals surface area (Å²) < 4.78 is 5.73. The topological polar surface area (TPSA) is 78.2 Å². The molecule has 0 aliphatic rings. The first-order chi connectivity index (χ1) is 13.3. The summed E-state index contributed by atoms with van der Waals surface area (Å²) in [6.07, 6.45) is 1.57. The molecule has 0 saturated carbocycles. The number of thiocarbonyl (C=S) groups is 1. The van der Waals surface area contributed by atoms with E-state index in [0.717, 1.165) is 27.0 Å². The summed E-state index contributed by atoms with van der Waals surface area (Å²) in [5, 5.41) is 9.03. The maximum Gasteiger partial charge on any atom is 0.191 e. The van der Waals surface area contributed by atoms with Crippen molar-refractivity contribution >= 4 is 52.0 Å². The average Bonchev–Trinajstić information content (AvgIpc) is 3.29. The maximum absolute atomic E-state index is 5.73. The number of rotatable bonds is 5. The molecule has 0 aliphatic heterocycles. The molecule has 0 spiro atoms. The van der Waals surface area contributed by atoms with Crippen LogP contribution in [0.4, 0.5) is 5.69 Å². The fourth-order valence-electron chi connectivity index (χ4n) is 2.37. The Morgan fingerprint density at radius 1 is 1.07 bits per heavy atom. The van der Waals surface area contributed by atoms with Crippen LogP contribution in [-0.4, -0.2) is 21.3 Å². The lowest BCUT2D eigenvalue weighted by Gasteiger charge is -2.05. The highest BCUT2D eigenvalue weighted by Gasteiger charge is 2.07. The van der Waals surface area contributed by atoms with E-state index >= 15 is 0 Å². The fraction of sp³-hybridized carbons (Fsp3) is 0. The highest BCUT2D eigenvalue weighted by Crippen LogP contribution is 2.28. The van der Waals surface area contributed by atoms with Crippen LogP contribution in [-0.2, 0) is 0 Å². The summed E-state index contributed by atoms with van der Waals surface area (Å²) in [5.74, 6) is 0.614. The molecular weight excluding hydrogens is 378 g/mol. The Kier molecular flexibility index (Phi) is 5.17. The minimum absolute atomic E-state index is 0.404. The van der Waals surface area contributed by atoms with Gasteiger partial charge in [-0.3, -0.25) is 5.43 Å². The van der Waals surface area contributed by atoms with Crippen molar-refractivity contribution in [2.75, 3.05) is 5.32 Å². The van der Waals surface area contributed by atoms with E-state index in [2.05, 4.69) is 25.8 Å². The van der Waals surface area contributed by atoms with E-state index < -0.39 is 0 Å². The van der Waals surface area contributed by atoms with Gasteiger partial charge in [-0.15, -0.1) is 0 Å². The SMILES string of the molecule is S=C(N/N=C/c1ccc(Sc2nc3ccccc3[nH]2)o1)Nc1ccccc1. The highest BCUT2D eigenvalue weighted by atomic mass is 32.2. The first-order valence-electron chi connectivity index (χ1n) is 8.14. The third kappa shape index (κ3) is 4.55. The number of anilines is 1. The molecule has 0 fully saturated rings. The van der Waals surface area contributed by atoms with Gasteiger partial charge < -0.3 is 14.7 Å². The summed E-state index contributed by atoms with van der Waals surface area (Å²) in [6, 6.07) is 21.2. The zero-order valence-electron chi connectivity index (χ0n) is 14.0. The van der Waals surface area contributed by atoms with Crippen LogP contribution < -0.4 is 10.7 Å². The van der Waals surface area contributed by atoms with Crippen molar-refractivity contribution in [1.82, 2.24) is 15.4 Å². The van der Waals surface area contributed by atoms with Crippen molar-refractivity contribution in [2.24, 2.45) is 5.10 Å². The van der Waals surface area contributed by atoms with Gasteiger partial charge in [0.1, 0.15) is 5.76 Å². The second-order valence-corrected chi connectivity index (χ2v) is 6.91. The zero-order chi connectivity index (χ0) is 18.5. The van der Waals surface area contributed by atoms with Crippen LogP contribution in [0.3, 0.4) is 0 Å². The Bertz CT molecular complexity index is 1050. The number of aromatic amines is 1. The van der Waals surface area contributed by atoms with Crippen molar-refractivity contribution in [3.63, 3.8) is 0 Å². The summed E-state index contributed by atoms with van der Waals surface area (Å²) in [7, 11) is 0. The Morgan fingerprint density at radius 3 is 2.74 bits per heavy atom. The predicted molar refractivity (Wildman–Crippen MR) is 112 cm³/mol. The van der Waals surface area contributed by atoms with E-state index in [4.69, 9.17) is 16.6 Å². The number of para-hydroxylation sites is 3. The molecule has 0 unspecified atom stereocenters. The van der Waals surface area contributed by atoms with E-state index in [0.29, 0.717) is 10.9 Å². The molecule has 134 valence electrons. The highest BCUT2D eigenvalue weighted by molar-refractivity contribution is 7.99. The van der Waals surface area contributed by atoms with Gasteiger partial charge in [-0.2, -0.15) is 5.10 Å². The number of imidazole rings is 1. The van der Waals surface area contributed by atoms with Crippen LogP contribution in [0.1, 0.15) is 5.76 Å². The monoisotopic (exact) mass is 393 g/mol. The number of hydrogen-bond acceptors (Lipinski definition) is 5. The third-order valence-corrected chi connectivity index (χ3v) is 4.56. The second kappa shape index (κ2) is 8.07. The fourth-order valence-corrected chi connectivity index (χ4v) is 3.31. The average molecular weight is 393 g/mol. The van der Waals surface area contributed by atoms with Crippen LogP contribution in [0, 0.1) is 0 Å². The number of benzene rings is 2. The molecule has 2 aromatic heterocycles. The van der Waals surface area contributed by atoms with Crippen LogP contribution in [0.25, 0.3) is 11.0 Å². The largest absolute Gasteiger partial charge is 0.448 e. The van der Waals surface area contributed by atoms with Crippen molar-refractivity contribution in [2.45, 2.75) is 10.2 Å². The minimum Gasteiger partial charge on any atom is -0.448 e.